The molecule has 8 heteroatoms. The van der Waals surface area contributed by atoms with Crippen LogP contribution in [0.4, 0.5) is 4.79 Å². The van der Waals surface area contributed by atoms with Gasteiger partial charge in [-0.2, -0.15) is 0 Å². The van der Waals surface area contributed by atoms with Gasteiger partial charge >= 0.3 is 12.0 Å². The van der Waals surface area contributed by atoms with Crippen molar-refractivity contribution in [3.05, 3.63) is 46.7 Å². The molecule has 1 saturated carbocycles. The molecule has 0 aromatic heterocycles. The topological polar surface area (TPSA) is 82.2 Å². The molecule has 1 aliphatic carbocycles. The van der Waals surface area contributed by atoms with E-state index < -0.39 is 12.0 Å². The Morgan fingerprint density at radius 1 is 1.11 bits per heavy atom. The molecule has 0 bridgehead atoms. The first-order chi connectivity index (χ1) is 17.0. The van der Waals surface area contributed by atoms with E-state index in [1.54, 1.807) is 14.0 Å². The molecule has 2 aliphatic heterocycles. The first-order valence-corrected chi connectivity index (χ1v) is 13.1. The minimum atomic E-state index is -0.591. The van der Waals surface area contributed by atoms with Crippen LogP contribution in [0.1, 0.15) is 64.6 Å². The number of hydrogen-bond donors (Lipinski definition) is 1. The molecule has 1 aromatic rings. The Morgan fingerprint density at radius 2 is 1.78 bits per heavy atom. The average Bonchev–Trinajstić information content (AvgIpc) is 3.67. The van der Waals surface area contributed by atoms with Gasteiger partial charge < -0.3 is 15.0 Å². The summed E-state index contributed by atoms with van der Waals surface area (Å²) in [6, 6.07) is 7.32. The third-order valence-corrected chi connectivity index (χ3v) is 7.48. The van der Waals surface area contributed by atoms with E-state index in [1.165, 1.54) is 10.5 Å². The molecule has 3 amide bonds. The molecule has 0 radical (unpaired) electrons. The lowest BCUT2D eigenvalue weighted by atomic mass is 9.85. The molecule has 2 atom stereocenters. The number of amides is 3. The van der Waals surface area contributed by atoms with Crippen LogP contribution < -0.4 is 5.32 Å². The fraction of sp³-hybridized carbons (Fsp3) is 0.607. The van der Waals surface area contributed by atoms with Gasteiger partial charge in [0.05, 0.1) is 18.2 Å². The summed E-state index contributed by atoms with van der Waals surface area (Å²) < 4.78 is 5.47. The molecular weight excluding hydrogens is 456 g/mol. The quantitative estimate of drug-likeness (QED) is 0.610. The molecule has 2 heterocycles. The highest BCUT2D eigenvalue weighted by Gasteiger charge is 2.40. The smallest absolute Gasteiger partial charge is 0.338 e. The Bertz CT molecular complexity index is 1040. The van der Waals surface area contributed by atoms with Gasteiger partial charge in [0.25, 0.3) is 0 Å². The number of urea groups is 1. The highest BCUT2D eigenvalue weighted by Crippen LogP contribution is 2.34. The highest BCUT2D eigenvalue weighted by atomic mass is 16.5. The van der Waals surface area contributed by atoms with Gasteiger partial charge in [0.2, 0.25) is 5.91 Å². The highest BCUT2D eigenvalue weighted by molar-refractivity contribution is 5.95. The molecule has 0 unspecified atom stereocenters. The number of hydrogen-bond acceptors (Lipinski definition) is 5. The zero-order valence-corrected chi connectivity index (χ0v) is 22.5. The lowest BCUT2D eigenvalue weighted by Crippen LogP contribution is -2.56. The second-order valence-corrected chi connectivity index (χ2v) is 11.3. The molecule has 4 rings (SSSR count). The summed E-state index contributed by atoms with van der Waals surface area (Å²) in [5.41, 5.74) is 3.14. The predicted octanol–water partition coefficient (Wildman–Crippen LogP) is 3.44. The van der Waals surface area contributed by atoms with Crippen LogP contribution in [0.25, 0.3) is 0 Å². The van der Waals surface area contributed by atoms with E-state index in [0.717, 1.165) is 18.4 Å². The predicted molar refractivity (Wildman–Crippen MR) is 138 cm³/mol. The van der Waals surface area contributed by atoms with Crippen LogP contribution in [-0.4, -0.2) is 78.5 Å². The standard InChI is InChI=1S/C28H40N4O4/c1-7-36-26(34)23-22(17-31-14-15-32(18(2)16-31)25(33)20-8-9-20)30(6)27(35)29-24(23)19-10-12-21(13-11-19)28(3,4)5/h10-13,18,20,24H,7-9,14-17H2,1-6H3,(H,29,35)/t18-,24-/m1/s1. The molecule has 8 nitrogen and oxygen atoms in total. The number of benzene rings is 1. The average molecular weight is 497 g/mol. The Kier molecular flexibility index (Phi) is 7.46. The second-order valence-electron chi connectivity index (χ2n) is 11.3. The minimum absolute atomic E-state index is 0.000734. The fourth-order valence-electron chi connectivity index (χ4n) is 5.10. The van der Waals surface area contributed by atoms with Crippen molar-refractivity contribution in [2.45, 2.75) is 65.0 Å². The third kappa shape index (κ3) is 5.43. The Labute approximate surface area is 214 Å². The first-order valence-electron chi connectivity index (χ1n) is 13.1. The lowest BCUT2D eigenvalue weighted by molar-refractivity contribution is -0.139. The maximum absolute atomic E-state index is 13.3. The molecule has 2 fully saturated rings. The van der Waals surface area contributed by atoms with Crippen LogP contribution in [0.3, 0.4) is 0 Å². The SMILES string of the molecule is CCOC(=O)C1=C(CN2CCN(C(=O)C3CC3)[C@H](C)C2)N(C)C(=O)N[C@@H]1c1ccc(C(C)(C)C)cc1. The number of likely N-dealkylation sites (N-methyl/N-ethyl adjacent to an activating group) is 1. The van der Waals surface area contributed by atoms with Crippen molar-refractivity contribution < 1.29 is 19.1 Å². The number of ether oxygens (including phenoxy) is 1. The summed E-state index contributed by atoms with van der Waals surface area (Å²) in [5, 5.41) is 3.00. The van der Waals surface area contributed by atoms with E-state index in [0.29, 0.717) is 37.4 Å². The van der Waals surface area contributed by atoms with Gasteiger partial charge in [-0.05, 0) is 43.2 Å². The van der Waals surface area contributed by atoms with Crippen LogP contribution in [-0.2, 0) is 19.7 Å². The molecule has 1 aromatic carbocycles. The summed E-state index contributed by atoms with van der Waals surface area (Å²) in [6.07, 6.45) is 2.00. The van der Waals surface area contributed by atoms with Crippen LogP contribution >= 0.6 is 0 Å². The van der Waals surface area contributed by atoms with E-state index in [2.05, 4.69) is 50.0 Å². The zero-order chi connectivity index (χ0) is 26.2. The van der Waals surface area contributed by atoms with Crippen molar-refractivity contribution in [2.75, 3.05) is 39.8 Å². The van der Waals surface area contributed by atoms with Crippen LogP contribution in [0.2, 0.25) is 0 Å². The molecule has 1 saturated heterocycles. The van der Waals surface area contributed by atoms with Gasteiger partial charge in [-0.25, -0.2) is 9.59 Å². The van der Waals surface area contributed by atoms with Gasteiger partial charge in [0.15, 0.2) is 0 Å². The first kappa shape index (κ1) is 26.2. The van der Waals surface area contributed by atoms with Crippen LogP contribution in [0, 0.1) is 5.92 Å². The van der Waals surface area contributed by atoms with Crippen molar-refractivity contribution >= 4 is 17.9 Å². The van der Waals surface area contributed by atoms with Gasteiger partial charge in [0.1, 0.15) is 0 Å². The number of nitrogens with one attached hydrogen (secondary N) is 1. The summed E-state index contributed by atoms with van der Waals surface area (Å²) in [5.74, 6) is 0.0529. The molecule has 0 spiro atoms. The fourth-order valence-corrected chi connectivity index (χ4v) is 5.10. The number of nitrogens with zero attached hydrogens (tertiary/aromatic N) is 3. The summed E-state index contributed by atoms with van der Waals surface area (Å²) >= 11 is 0. The summed E-state index contributed by atoms with van der Waals surface area (Å²) in [6.45, 7) is 13.1. The molecule has 36 heavy (non-hydrogen) atoms. The minimum Gasteiger partial charge on any atom is -0.463 e. The molecule has 3 aliphatic rings. The van der Waals surface area contributed by atoms with Crippen LogP contribution in [0.15, 0.2) is 35.5 Å². The number of rotatable bonds is 6. The van der Waals surface area contributed by atoms with Gasteiger partial charge in [0, 0.05) is 50.9 Å². The number of piperazine rings is 1. The molecular formula is C28H40N4O4. The summed E-state index contributed by atoms with van der Waals surface area (Å²) in [7, 11) is 1.69. The normalized spacial score (nSPS) is 23.6. The van der Waals surface area contributed by atoms with E-state index in [-0.39, 0.29) is 35.9 Å². The summed E-state index contributed by atoms with van der Waals surface area (Å²) in [4.78, 5) is 44.7. The van der Waals surface area contributed by atoms with Gasteiger partial charge in [-0.1, -0.05) is 45.0 Å². The third-order valence-electron chi connectivity index (χ3n) is 7.48. The lowest BCUT2D eigenvalue weighted by Gasteiger charge is -2.42. The van der Waals surface area contributed by atoms with E-state index in [9.17, 15) is 14.4 Å². The number of carbonyl (C=O) groups is 3. The maximum atomic E-state index is 13.3. The Hall–Kier alpha value is -2.87. The van der Waals surface area contributed by atoms with E-state index in [1.807, 2.05) is 17.0 Å². The van der Waals surface area contributed by atoms with Crippen molar-refractivity contribution in [3.63, 3.8) is 0 Å². The molecule has 1 N–H and O–H groups in total. The van der Waals surface area contributed by atoms with Gasteiger partial charge in [-0.3, -0.25) is 14.6 Å². The molecule has 196 valence electrons. The monoisotopic (exact) mass is 496 g/mol. The van der Waals surface area contributed by atoms with Crippen molar-refractivity contribution in [2.24, 2.45) is 5.92 Å². The maximum Gasteiger partial charge on any atom is 0.338 e. The van der Waals surface area contributed by atoms with E-state index in [4.69, 9.17) is 4.74 Å². The Morgan fingerprint density at radius 3 is 2.33 bits per heavy atom. The van der Waals surface area contributed by atoms with Crippen LogP contribution in [0.5, 0.6) is 0 Å². The number of esters is 1. The zero-order valence-electron chi connectivity index (χ0n) is 22.5. The van der Waals surface area contributed by atoms with Crippen molar-refractivity contribution in [3.8, 4) is 0 Å². The van der Waals surface area contributed by atoms with Crippen molar-refractivity contribution in [1.82, 2.24) is 20.0 Å². The number of carbonyl (C=O) groups excluding carboxylic acids is 3. The van der Waals surface area contributed by atoms with E-state index >= 15 is 0 Å². The largest absolute Gasteiger partial charge is 0.463 e. The second kappa shape index (κ2) is 10.2. The Balaban J connectivity index is 1.63. The van der Waals surface area contributed by atoms with Crippen molar-refractivity contribution in [1.29, 1.82) is 0 Å². The van der Waals surface area contributed by atoms with Gasteiger partial charge in [-0.15, -0.1) is 0 Å².